The van der Waals surface area contributed by atoms with E-state index in [0.717, 1.165) is 19.4 Å². The maximum atomic E-state index is 11.6. The van der Waals surface area contributed by atoms with Gasteiger partial charge in [-0.25, -0.2) is 0 Å². The molecule has 1 amide bonds. The van der Waals surface area contributed by atoms with Crippen LogP contribution in [-0.2, 0) is 9.53 Å². The normalized spacial score (nSPS) is 28.1. The minimum atomic E-state index is -0.421. The van der Waals surface area contributed by atoms with Gasteiger partial charge in [-0.1, -0.05) is 13.8 Å². The number of carbonyl (C=O) groups excluding carboxylic acids is 1. The second-order valence-corrected chi connectivity index (χ2v) is 4.89. The van der Waals surface area contributed by atoms with Crippen molar-refractivity contribution in [1.82, 2.24) is 5.32 Å². The largest absolute Gasteiger partial charge is 0.373 e. The van der Waals surface area contributed by atoms with Gasteiger partial charge in [0.1, 0.15) is 0 Å². The first-order valence-electron chi connectivity index (χ1n) is 5.62. The second kappa shape index (κ2) is 4.94. The summed E-state index contributed by atoms with van der Waals surface area (Å²) in [6.07, 6.45) is 2.08. The monoisotopic (exact) mass is 214 g/mol. The van der Waals surface area contributed by atoms with Gasteiger partial charge in [-0.05, 0) is 25.7 Å². The zero-order valence-corrected chi connectivity index (χ0v) is 9.88. The van der Waals surface area contributed by atoms with Crippen LogP contribution in [-0.4, -0.2) is 30.7 Å². The lowest BCUT2D eigenvalue weighted by Gasteiger charge is -2.25. The Kier molecular flexibility index (Phi) is 4.11. The molecule has 0 aromatic carbocycles. The molecule has 1 saturated heterocycles. The molecule has 88 valence electrons. The van der Waals surface area contributed by atoms with Crippen molar-refractivity contribution >= 4 is 5.91 Å². The van der Waals surface area contributed by atoms with Crippen molar-refractivity contribution in [3.05, 3.63) is 0 Å². The Morgan fingerprint density at radius 1 is 1.60 bits per heavy atom. The molecule has 0 bridgehead atoms. The van der Waals surface area contributed by atoms with Crippen LogP contribution in [0, 0.1) is 5.92 Å². The highest BCUT2D eigenvalue weighted by Crippen LogP contribution is 2.23. The average Bonchev–Trinajstić information content (AvgIpc) is 2.61. The van der Waals surface area contributed by atoms with Crippen LogP contribution in [0.1, 0.15) is 33.6 Å². The van der Waals surface area contributed by atoms with E-state index >= 15 is 0 Å². The van der Waals surface area contributed by atoms with Crippen molar-refractivity contribution in [3.63, 3.8) is 0 Å². The quantitative estimate of drug-likeness (QED) is 0.722. The van der Waals surface area contributed by atoms with Crippen LogP contribution in [0.2, 0.25) is 0 Å². The van der Waals surface area contributed by atoms with E-state index in [0.29, 0.717) is 6.54 Å². The Hall–Kier alpha value is -0.610. The van der Waals surface area contributed by atoms with E-state index < -0.39 is 6.04 Å². The highest BCUT2D eigenvalue weighted by molar-refractivity contribution is 5.81. The van der Waals surface area contributed by atoms with Gasteiger partial charge in [0.2, 0.25) is 5.91 Å². The average molecular weight is 214 g/mol. The summed E-state index contributed by atoms with van der Waals surface area (Å²) < 4.78 is 5.58. The van der Waals surface area contributed by atoms with Crippen LogP contribution in [0.4, 0.5) is 0 Å². The summed E-state index contributed by atoms with van der Waals surface area (Å²) in [4.78, 5) is 11.6. The summed E-state index contributed by atoms with van der Waals surface area (Å²) in [5.74, 6) is 0.0871. The molecule has 0 spiro atoms. The number of amides is 1. The Balaban J connectivity index is 2.33. The van der Waals surface area contributed by atoms with Crippen LogP contribution in [0.3, 0.4) is 0 Å². The highest BCUT2D eigenvalue weighted by Gasteiger charge is 2.30. The number of nitrogens with two attached hydrogens (primary N) is 1. The van der Waals surface area contributed by atoms with E-state index in [1.807, 2.05) is 20.8 Å². The molecule has 1 heterocycles. The van der Waals surface area contributed by atoms with Gasteiger partial charge in [0, 0.05) is 13.2 Å². The zero-order chi connectivity index (χ0) is 11.5. The fourth-order valence-corrected chi connectivity index (χ4v) is 1.67. The topological polar surface area (TPSA) is 64.4 Å². The number of rotatable bonds is 4. The van der Waals surface area contributed by atoms with E-state index in [-0.39, 0.29) is 17.4 Å². The highest BCUT2D eigenvalue weighted by atomic mass is 16.5. The molecule has 4 nitrogen and oxygen atoms in total. The standard InChI is InChI=1S/C11H22N2O2/c1-8(2)9(12)10(14)13-7-11(3)5-4-6-15-11/h8-9H,4-7,12H2,1-3H3,(H,13,14)/t9-,11?/m0/s1. The summed E-state index contributed by atoms with van der Waals surface area (Å²) in [7, 11) is 0. The lowest BCUT2D eigenvalue weighted by Crippen LogP contribution is -2.48. The van der Waals surface area contributed by atoms with Crippen molar-refractivity contribution < 1.29 is 9.53 Å². The van der Waals surface area contributed by atoms with E-state index in [4.69, 9.17) is 10.5 Å². The molecular formula is C11H22N2O2. The Bertz CT molecular complexity index is 223. The lowest BCUT2D eigenvalue weighted by atomic mass is 10.0. The molecular weight excluding hydrogens is 192 g/mol. The smallest absolute Gasteiger partial charge is 0.237 e. The SMILES string of the molecule is CC(C)[C@H](N)C(=O)NCC1(C)CCCO1. The van der Waals surface area contributed by atoms with E-state index in [1.165, 1.54) is 0 Å². The molecule has 1 rings (SSSR count). The van der Waals surface area contributed by atoms with Gasteiger partial charge in [-0.15, -0.1) is 0 Å². The number of nitrogens with one attached hydrogen (secondary N) is 1. The molecule has 4 heteroatoms. The van der Waals surface area contributed by atoms with Crippen molar-refractivity contribution in [3.8, 4) is 0 Å². The molecule has 2 atom stereocenters. The molecule has 3 N–H and O–H groups in total. The first-order valence-corrected chi connectivity index (χ1v) is 5.62. The second-order valence-electron chi connectivity index (χ2n) is 4.89. The minimum absolute atomic E-state index is 0.0817. The molecule has 1 aliphatic rings. The molecule has 1 unspecified atom stereocenters. The predicted molar refractivity (Wildman–Crippen MR) is 59.4 cm³/mol. The molecule has 15 heavy (non-hydrogen) atoms. The Morgan fingerprint density at radius 3 is 2.73 bits per heavy atom. The van der Waals surface area contributed by atoms with Gasteiger partial charge in [-0.3, -0.25) is 4.79 Å². The zero-order valence-electron chi connectivity index (χ0n) is 9.88. The molecule has 0 aromatic heterocycles. The molecule has 0 saturated carbocycles. The van der Waals surface area contributed by atoms with E-state index in [9.17, 15) is 4.79 Å². The van der Waals surface area contributed by atoms with Crippen LogP contribution in [0.5, 0.6) is 0 Å². The van der Waals surface area contributed by atoms with Crippen LogP contribution in [0.15, 0.2) is 0 Å². The van der Waals surface area contributed by atoms with Gasteiger partial charge < -0.3 is 15.8 Å². The van der Waals surface area contributed by atoms with Gasteiger partial charge in [0.05, 0.1) is 11.6 Å². The fourth-order valence-electron chi connectivity index (χ4n) is 1.67. The van der Waals surface area contributed by atoms with Crippen molar-refractivity contribution in [1.29, 1.82) is 0 Å². The van der Waals surface area contributed by atoms with E-state index in [1.54, 1.807) is 0 Å². The van der Waals surface area contributed by atoms with Gasteiger partial charge in [0.15, 0.2) is 0 Å². The number of carbonyl (C=O) groups is 1. The van der Waals surface area contributed by atoms with Gasteiger partial charge >= 0.3 is 0 Å². The minimum Gasteiger partial charge on any atom is -0.373 e. The van der Waals surface area contributed by atoms with E-state index in [2.05, 4.69) is 5.32 Å². The summed E-state index contributed by atoms with van der Waals surface area (Å²) in [5.41, 5.74) is 5.55. The van der Waals surface area contributed by atoms with Gasteiger partial charge in [-0.2, -0.15) is 0 Å². The maximum Gasteiger partial charge on any atom is 0.237 e. The molecule has 0 aromatic rings. The number of hydrogen-bond acceptors (Lipinski definition) is 3. The number of ether oxygens (including phenoxy) is 1. The third-order valence-electron chi connectivity index (χ3n) is 2.96. The Morgan fingerprint density at radius 2 is 2.27 bits per heavy atom. The summed E-state index contributed by atoms with van der Waals surface area (Å²) in [6, 6.07) is -0.421. The summed E-state index contributed by atoms with van der Waals surface area (Å²) in [6.45, 7) is 7.27. The summed E-state index contributed by atoms with van der Waals surface area (Å²) in [5, 5.41) is 2.86. The predicted octanol–water partition coefficient (Wildman–Crippen LogP) is 0.655. The molecule has 0 aliphatic carbocycles. The van der Waals surface area contributed by atoms with Crippen molar-refractivity contribution in [2.24, 2.45) is 11.7 Å². The third-order valence-corrected chi connectivity index (χ3v) is 2.96. The van der Waals surface area contributed by atoms with Crippen LogP contribution in [0.25, 0.3) is 0 Å². The van der Waals surface area contributed by atoms with Crippen LogP contribution >= 0.6 is 0 Å². The Labute approximate surface area is 91.5 Å². The first kappa shape index (κ1) is 12.5. The van der Waals surface area contributed by atoms with Crippen molar-refractivity contribution in [2.45, 2.75) is 45.3 Å². The molecule has 1 fully saturated rings. The number of hydrogen-bond donors (Lipinski definition) is 2. The van der Waals surface area contributed by atoms with Crippen LogP contribution < -0.4 is 11.1 Å². The van der Waals surface area contributed by atoms with Crippen molar-refractivity contribution in [2.75, 3.05) is 13.2 Å². The molecule has 0 radical (unpaired) electrons. The summed E-state index contributed by atoms with van der Waals surface area (Å²) >= 11 is 0. The fraction of sp³-hybridized carbons (Fsp3) is 0.909. The third kappa shape index (κ3) is 3.47. The first-order chi connectivity index (χ1) is 6.94. The molecule has 1 aliphatic heterocycles. The lowest BCUT2D eigenvalue weighted by molar-refractivity contribution is -0.124. The maximum absolute atomic E-state index is 11.6. The van der Waals surface area contributed by atoms with Gasteiger partial charge in [0.25, 0.3) is 0 Å².